The van der Waals surface area contributed by atoms with Crippen LogP contribution >= 0.6 is 11.8 Å². The summed E-state index contributed by atoms with van der Waals surface area (Å²) in [5.41, 5.74) is 2.15. The van der Waals surface area contributed by atoms with Crippen molar-refractivity contribution in [3.63, 3.8) is 0 Å². The molecule has 7 heteroatoms. The highest BCUT2D eigenvalue weighted by Crippen LogP contribution is 2.18. The van der Waals surface area contributed by atoms with Gasteiger partial charge in [-0.25, -0.2) is 9.97 Å². The molecule has 0 radical (unpaired) electrons. The van der Waals surface area contributed by atoms with Crippen molar-refractivity contribution in [2.24, 2.45) is 0 Å². The van der Waals surface area contributed by atoms with Crippen LogP contribution in [0.25, 0.3) is 11.4 Å². The Morgan fingerprint density at radius 2 is 2.00 bits per heavy atom. The van der Waals surface area contributed by atoms with E-state index in [0.29, 0.717) is 17.1 Å². The van der Waals surface area contributed by atoms with E-state index in [9.17, 15) is 4.79 Å². The van der Waals surface area contributed by atoms with Crippen LogP contribution in [0.2, 0.25) is 0 Å². The van der Waals surface area contributed by atoms with E-state index in [1.54, 1.807) is 24.0 Å². The van der Waals surface area contributed by atoms with Crippen molar-refractivity contribution in [2.75, 3.05) is 11.1 Å². The van der Waals surface area contributed by atoms with E-state index in [-0.39, 0.29) is 5.91 Å². The van der Waals surface area contributed by atoms with Gasteiger partial charge < -0.3 is 5.32 Å². The molecule has 0 aliphatic heterocycles. The van der Waals surface area contributed by atoms with E-state index in [2.05, 4.69) is 32.4 Å². The van der Waals surface area contributed by atoms with Crippen molar-refractivity contribution in [1.29, 1.82) is 0 Å². The van der Waals surface area contributed by atoms with Crippen molar-refractivity contribution >= 4 is 23.4 Å². The molecule has 0 bridgehead atoms. The quantitative estimate of drug-likeness (QED) is 0.704. The molecule has 3 aromatic rings. The molecule has 2 N–H and O–H groups in total. The fourth-order valence-corrected chi connectivity index (χ4v) is 2.59. The zero-order valence-electron chi connectivity index (χ0n) is 12.5. The third-order valence-corrected chi connectivity index (χ3v) is 3.95. The molecule has 6 nitrogen and oxygen atoms in total. The van der Waals surface area contributed by atoms with Crippen molar-refractivity contribution in [1.82, 2.24) is 20.2 Å². The lowest BCUT2D eigenvalue weighted by atomic mass is 10.2. The monoisotopic (exact) mass is 325 g/mol. The van der Waals surface area contributed by atoms with Gasteiger partial charge in [0.1, 0.15) is 6.33 Å². The standard InChI is InChI=1S/C16H15N5OS/c1-2-23-14-8-5-12(9-17-14)16(22)20-13-6-3-11(4-7-13)15-18-10-19-21-15/h3-10H,2H2,1H3,(H,20,22)(H,18,19,21). The first-order chi connectivity index (χ1) is 11.3. The van der Waals surface area contributed by atoms with Gasteiger partial charge in [-0.05, 0) is 42.2 Å². The van der Waals surface area contributed by atoms with Crippen LogP contribution in [-0.4, -0.2) is 31.8 Å². The molecule has 23 heavy (non-hydrogen) atoms. The Kier molecular flexibility index (Phi) is 4.68. The molecule has 1 amide bonds. The molecular weight excluding hydrogens is 310 g/mol. The fraction of sp³-hybridized carbons (Fsp3) is 0.125. The summed E-state index contributed by atoms with van der Waals surface area (Å²) in [7, 11) is 0. The summed E-state index contributed by atoms with van der Waals surface area (Å²) in [6, 6.07) is 11.0. The number of amides is 1. The van der Waals surface area contributed by atoms with E-state index in [1.807, 2.05) is 30.3 Å². The smallest absolute Gasteiger partial charge is 0.257 e. The maximum atomic E-state index is 12.2. The Morgan fingerprint density at radius 1 is 1.17 bits per heavy atom. The Hall–Kier alpha value is -2.67. The minimum absolute atomic E-state index is 0.182. The number of carbonyl (C=O) groups is 1. The zero-order valence-corrected chi connectivity index (χ0v) is 13.3. The highest BCUT2D eigenvalue weighted by molar-refractivity contribution is 7.99. The van der Waals surface area contributed by atoms with Crippen LogP contribution in [0.5, 0.6) is 0 Å². The zero-order chi connectivity index (χ0) is 16.1. The number of nitrogens with one attached hydrogen (secondary N) is 2. The van der Waals surface area contributed by atoms with E-state index < -0.39 is 0 Å². The average Bonchev–Trinajstić information content (AvgIpc) is 3.11. The number of H-pyrrole nitrogens is 1. The highest BCUT2D eigenvalue weighted by atomic mass is 32.2. The van der Waals surface area contributed by atoms with Crippen molar-refractivity contribution < 1.29 is 4.79 Å². The van der Waals surface area contributed by atoms with E-state index in [4.69, 9.17) is 0 Å². The number of rotatable bonds is 5. The molecule has 2 aromatic heterocycles. The van der Waals surface area contributed by atoms with Crippen LogP contribution in [0.3, 0.4) is 0 Å². The van der Waals surface area contributed by atoms with Crippen LogP contribution in [0.1, 0.15) is 17.3 Å². The molecule has 3 rings (SSSR count). The number of benzene rings is 1. The number of hydrogen-bond donors (Lipinski definition) is 2. The highest BCUT2D eigenvalue weighted by Gasteiger charge is 2.07. The molecule has 1 aromatic carbocycles. The van der Waals surface area contributed by atoms with Gasteiger partial charge in [-0.3, -0.25) is 9.89 Å². The first-order valence-electron chi connectivity index (χ1n) is 7.12. The minimum Gasteiger partial charge on any atom is -0.322 e. The van der Waals surface area contributed by atoms with Gasteiger partial charge in [-0.2, -0.15) is 5.10 Å². The SMILES string of the molecule is CCSc1ccc(C(=O)Nc2ccc(-c3ncn[nH]3)cc2)cn1. The van der Waals surface area contributed by atoms with Crippen LogP contribution in [0.15, 0.2) is 53.9 Å². The second kappa shape index (κ2) is 7.06. The number of carbonyl (C=O) groups excluding carboxylic acids is 1. The Morgan fingerprint density at radius 3 is 2.61 bits per heavy atom. The second-order valence-electron chi connectivity index (χ2n) is 4.68. The first-order valence-corrected chi connectivity index (χ1v) is 8.11. The summed E-state index contributed by atoms with van der Waals surface area (Å²) in [5.74, 6) is 1.46. The first kappa shape index (κ1) is 15.2. The van der Waals surface area contributed by atoms with Gasteiger partial charge in [-0.1, -0.05) is 6.92 Å². The van der Waals surface area contributed by atoms with Gasteiger partial charge in [0, 0.05) is 17.4 Å². The number of hydrogen-bond acceptors (Lipinski definition) is 5. The lowest BCUT2D eigenvalue weighted by Gasteiger charge is -2.06. The van der Waals surface area contributed by atoms with Gasteiger partial charge in [0.15, 0.2) is 5.82 Å². The molecule has 0 saturated heterocycles. The van der Waals surface area contributed by atoms with Gasteiger partial charge in [0.05, 0.1) is 10.6 Å². The third kappa shape index (κ3) is 3.75. The molecular formula is C16H15N5OS. The van der Waals surface area contributed by atoms with Gasteiger partial charge in [-0.15, -0.1) is 11.8 Å². The van der Waals surface area contributed by atoms with E-state index in [0.717, 1.165) is 16.3 Å². The summed E-state index contributed by atoms with van der Waals surface area (Å²) in [4.78, 5) is 20.6. The number of anilines is 1. The summed E-state index contributed by atoms with van der Waals surface area (Å²) in [6.07, 6.45) is 3.05. The second-order valence-corrected chi connectivity index (χ2v) is 5.97. The fourth-order valence-electron chi connectivity index (χ4n) is 2.01. The maximum absolute atomic E-state index is 12.2. The van der Waals surface area contributed by atoms with Crippen molar-refractivity contribution in [2.45, 2.75) is 11.9 Å². The predicted molar refractivity (Wildman–Crippen MR) is 90.4 cm³/mol. The maximum Gasteiger partial charge on any atom is 0.257 e. The lowest BCUT2D eigenvalue weighted by Crippen LogP contribution is -2.12. The molecule has 0 spiro atoms. The Balaban J connectivity index is 1.67. The Labute approximate surface area is 137 Å². The number of pyridine rings is 1. The van der Waals surface area contributed by atoms with Crippen molar-refractivity contribution in [3.8, 4) is 11.4 Å². The van der Waals surface area contributed by atoms with Gasteiger partial charge >= 0.3 is 0 Å². The third-order valence-electron chi connectivity index (χ3n) is 3.12. The number of aromatic amines is 1. The average molecular weight is 325 g/mol. The molecule has 0 aliphatic rings. The summed E-state index contributed by atoms with van der Waals surface area (Å²) >= 11 is 1.64. The summed E-state index contributed by atoms with van der Waals surface area (Å²) in [6.45, 7) is 2.06. The predicted octanol–water partition coefficient (Wildman–Crippen LogP) is 3.23. The number of thioether (sulfide) groups is 1. The topological polar surface area (TPSA) is 83.6 Å². The molecule has 0 unspecified atom stereocenters. The van der Waals surface area contributed by atoms with Gasteiger partial charge in [0.25, 0.3) is 5.91 Å². The lowest BCUT2D eigenvalue weighted by molar-refractivity contribution is 0.102. The van der Waals surface area contributed by atoms with E-state index >= 15 is 0 Å². The molecule has 0 saturated carbocycles. The summed E-state index contributed by atoms with van der Waals surface area (Å²) in [5, 5.41) is 10.4. The van der Waals surface area contributed by atoms with Crippen LogP contribution in [0, 0.1) is 0 Å². The number of nitrogens with zero attached hydrogens (tertiary/aromatic N) is 3. The largest absolute Gasteiger partial charge is 0.322 e. The molecule has 116 valence electrons. The van der Waals surface area contributed by atoms with Crippen LogP contribution < -0.4 is 5.32 Å². The van der Waals surface area contributed by atoms with Crippen LogP contribution in [-0.2, 0) is 0 Å². The molecule has 0 aliphatic carbocycles. The minimum atomic E-state index is -0.182. The van der Waals surface area contributed by atoms with E-state index in [1.165, 1.54) is 6.33 Å². The number of aromatic nitrogens is 4. The van der Waals surface area contributed by atoms with Gasteiger partial charge in [0.2, 0.25) is 0 Å². The normalized spacial score (nSPS) is 10.5. The van der Waals surface area contributed by atoms with Crippen molar-refractivity contribution in [3.05, 3.63) is 54.5 Å². The molecule has 0 fully saturated rings. The summed E-state index contributed by atoms with van der Waals surface area (Å²) < 4.78 is 0. The molecule has 0 atom stereocenters. The molecule has 2 heterocycles. The Bertz CT molecular complexity index is 769. The van der Waals surface area contributed by atoms with Crippen LogP contribution in [0.4, 0.5) is 5.69 Å².